The van der Waals surface area contributed by atoms with Crippen LogP contribution < -0.4 is 5.32 Å². The lowest BCUT2D eigenvalue weighted by Crippen LogP contribution is -2.47. The van der Waals surface area contributed by atoms with Crippen LogP contribution >= 0.6 is 11.8 Å². The summed E-state index contributed by atoms with van der Waals surface area (Å²) in [6.45, 7) is 3.53. The monoisotopic (exact) mass is 371 g/mol. The highest BCUT2D eigenvalue weighted by molar-refractivity contribution is 7.99. The van der Waals surface area contributed by atoms with E-state index in [2.05, 4.69) is 15.5 Å². The van der Waals surface area contributed by atoms with Crippen LogP contribution in [0.25, 0.3) is 11.5 Å². The number of aromatic nitrogens is 2. The van der Waals surface area contributed by atoms with Gasteiger partial charge in [0, 0.05) is 0 Å². The molecule has 1 aliphatic heterocycles. The lowest BCUT2D eigenvalue weighted by Gasteiger charge is -2.23. The zero-order valence-electron chi connectivity index (χ0n) is 13.2. The van der Waals surface area contributed by atoms with E-state index in [9.17, 15) is 13.2 Å². The van der Waals surface area contributed by atoms with Crippen LogP contribution in [0.3, 0.4) is 0 Å². The predicted molar refractivity (Wildman–Crippen MR) is 87.3 cm³/mol. The van der Waals surface area contributed by atoms with E-state index in [1.165, 1.54) is 6.26 Å². The van der Waals surface area contributed by atoms with Gasteiger partial charge in [-0.2, -0.15) is 0 Å². The van der Waals surface area contributed by atoms with E-state index in [-0.39, 0.29) is 28.4 Å². The SMILES string of the molecule is Cc1occc1-c1nnc(SCC(=O)N[C@@]2(C)CCS(=O)(=O)C2)o1. The number of nitrogens with zero attached hydrogens (tertiary/aromatic N) is 2. The second-order valence-corrected chi connectivity index (χ2v) is 9.11. The minimum atomic E-state index is -3.06. The normalized spacial score (nSPS) is 22.6. The number of carbonyl (C=O) groups is 1. The summed E-state index contributed by atoms with van der Waals surface area (Å²) in [6, 6.07) is 1.73. The van der Waals surface area contributed by atoms with Gasteiger partial charge < -0.3 is 14.2 Å². The lowest BCUT2D eigenvalue weighted by atomic mass is 10.0. The Kier molecular flexibility index (Phi) is 4.43. The molecule has 0 aromatic carbocycles. The molecular formula is C14H17N3O5S2. The average molecular weight is 371 g/mol. The van der Waals surface area contributed by atoms with E-state index in [0.717, 1.165) is 11.8 Å². The van der Waals surface area contributed by atoms with Crippen molar-refractivity contribution in [2.45, 2.75) is 31.0 Å². The summed E-state index contributed by atoms with van der Waals surface area (Å²) in [5.74, 6) is 0.886. The van der Waals surface area contributed by atoms with Gasteiger partial charge >= 0.3 is 0 Å². The number of hydrogen-bond donors (Lipinski definition) is 1. The van der Waals surface area contributed by atoms with Crippen molar-refractivity contribution in [1.29, 1.82) is 0 Å². The molecule has 2 aromatic heterocycles. The number of sulfone groups is 1. The molecule has 1 saturated heterocycles. The maximum atomic E-state index is 12.0. The minimum absolute atomic E-state index is 0.0269. The Labute approximate surface area is 143 Å². The topological polar surface area (TPSA) is 115 Å². The molecule has 1 aliphatic rings. The molecule has 3 rings (SSSR count). The largest absolute Gasteiger partial charge is 0.469 e. The van der Waals surface area contributed by atoms with Gasteiger partial charge in [0.1, 0.15) is 5.76 Å². The first-order valence-electron chi connectivity index (χ1n) is 7.29. The van der Waals surface area contributed by atoms with Gasteiger partial charge in [0.15, 0.2) is 9.84 Å². The van der Waals surface area contributed by atoms with Gasteiger partial charge in [-0.15, -0.1) is 10.2 Å². The van der Waals surface area contributed by atoms with Gasteiger partial charge in [0.05, 0.1) is 34.6 Å². The van der Waals surface area contributed by atoms with Gasteiger partial charge in [-0.25, -0.2) is 8.42 Å². The van der Waals surface area contributed by atoms with E-state index < -0.39 is 15.4 Å². The molecule has 2 aromatic rings. The van der Waals surface area contributed by atoms with Gasteiger partial charge in [0.2, 0.25) is 5.91 Å². The van der Waals surface area contributed by atoms with Crippen molar-refractivity contribution in [2.24, 2.45) is 0 Å². The summed E-state index contributed by atoms with van der Waals surface area (Å²) in [4.78, 5) is 12.0. The Morgan fingerprint density at radius 2 is 2.25 bits per heavy atom. The highest BCUT2D eigenvalue weighted by Crippen LogP contribution is 2.27. The van der Waals surface area contributed by atoms with Crippen LogP contribution in [0, 0.1) is 6.92 Å². The highest BCUT2D eigenvalue weighted by Gasteiger charge is 2.39. The Bertz CT molecular complexity index is 857. The van der Waals surface area contributed by atoms with Crippen LogP contribution in [-0.4, -0.2) is 47.3 Å². The lowest BCUT2D eigenvalue weighted by molar-refractivity contribution is -0.120. The molecule has 8 nitrogen and oxygen atoms in total. The van der Waals surface area contributed by atoms with Crippen molar-refractivity contribution < 1.29 is 22.0 Å². The second-order valence-electron chi connectivity index (χ2n) is 6.00. The molecule has 0 saturated carbocycles. The standard InChI is InChI=1S/C14H17N3O5S2/c1-9-10(3-5-21-9)12-16-17-13(22-12)23-7-11(18)15-14(2)4-6-24(19,20)8-14/h3,5H,4,6-8H2,1-2H3,(H,15,18)/t14-/m0/s1. The third-order valence-corrected chi connectivity index (χ3v) is 6.49. The number of nitrogens with one attached hydrogen (secondary N) is 1. The molecule has 1 fully saturated rings. The van der Waals surface area contributed by atoms with E-state index in [1.54, 1.807) is 19.9 Å². The fourth-order valence-electron chi connectivity index (χ4n) is 2.59. The summed E-state index contributed by atoms with van der Waals surface area (Å²) in [5, 5.41) is 10.9. The molecule has 24 heavy (non-hydrogen) atoms. The molecule has 1 atom stereocenters. The fourth-order valence-corrected chi connectivity index (χ4v) is 5.25. The minimum Gasteiger partial charge on any atom is -0.469 e. The van der Waals surface area contributed by atoms with Crippen LogP contribution in [0.15, 0.2) is 26.4 Å². The summed E-state index contributed by atoms with van der Waals surface area (Å²) < 4.78 is 33.8. The number of amides is 1. The van der Waals surface area contributed by atoms with Crippen molar-refractivity contribution >= 4 is 27.5 Å². The molecular weight excluding hydrogens is 354 g/mol. The number of rotatable bonds is 5. The van der Waals surface area contributed by atoms with Gasteiger partial charge in [-0.3, -0.25) is 4.79 Å². The first-order valence-corrected chi connectivity index (χ1v) is 10.1. The van der Waals surface area contributed by atoms with Crippen LogP contribution in [-0.2, 0) is 14.6 Å². The molecule has 130 valence electrons. The van der Waals surface area contributed by atoms with Crippen molar-refractivity contribution in [1.82, 2.24) is 15.5 Å². The fraction of sp³-hybridized carbons (Fsp3) is 0.500. The van der Waals surface area contributed by atoms with E-state index in [1.807, 2.05) is 0 Å². The number of hydrogen-bond acceptors (Lipinski definition) is 8. The van der Waals surface area contributed by atoms with Gasteiger partial charge in [-0.05, 0) is 26.3 Å². The van der Waals surface area contributed by atoms with Crippen molar-refractivity contribution in [3.8, 4) is 11.5 Å². The molecule has 1 N–H and O–H groups in total. The Morgan fingerprint density at radius 1 is 1.46 bits per heavy atom. The average Bonchev–Trinajstić information content (AvgIpc) is 3.16. The quantitative estimate of drug-likeness (QED) is 0.785. The second kappa shape index (κ2) is 6.25. The first-order chi connectivity index (χ1) is 11.3. The number of carbonyl (C=O) groups excluding carboxylic acids is 1. The highest BCUT2D eigenvalue weighted by atomic mass is 32.2. The number of aryl methyl sites for hydroxylation is 1. The summed E-state index contributed by atoms with van der Waals surface area (Å²) in [7, 11) is -3.06. The first kappa shape index (κ1) is 17.0. The Balaban J connectivity index is 1.56. The molecule has 3 heterocycles. The zero-order valence-corrected chi connectivity index (χ0v) is 14.9. The third-order valence-electron chi connectivity index (χ3n) is 3.77. The summed E-state index contributed by atoms with van der Waals surface area (Å²) in [5.41, 5.74) is 0.00664. The molecule has 0 bridgehead atoms. The molecule has 0 spiro atoms. The van der Waals surface area contributed by atoms with E-state index >= 15 is 0 Å². The Morgan fingerprint density at radius 3 is 2.88 bits per heavy atom. The van der Waals surface area contributed by atoms with E-state index in [0.29, 0.717) is 23.6 Å². The molecule has 1 amide bonds. The molecule has 0 aliphatic carbocycles. The van der Waals surface area contributed by atoms with Crippen molar-refractivity contribution in [3.63, 3.8) is 0 Å². The Hall–Kier alpha value is -1.81. The van der Waals surface area contributed by atoms with Crippen LogP contribution in [0.4, 0.5) is 0 Å². The van der Waals surface area contributed by atoms with Crippen LogP contribution in [0.1, 0.15) is 19.1 Å². The van der Waals surface area contributed by atoms with Crippen LogP contribution in [0.2, 0.25) is 0 Å². The third kappa shape index (κ3) is 3.81. The predicted octanol–water partition coefficient (Wildman–Crippen LogP) is 1.42. The van der Waals surface area contributed by atoms with Gasteiger partial charge in [-0.1, -0.05) is 11.8 Å². The van der Waals surface area contributed by atoms with Crippen molar-refractivity contribution in [2.75, 3.05) is 17.3 Å². The number of thioether (sulfide) groups is 1. The maximum Gasteiger partial charge on any atom is 0.277 e. The van der Waals surface area contributed by atoms with Gasteiger partial charge in [0.25, 0.3) is 11.1 Å². The maximum absolute atomic E-state index is 12.0. The summed E-state index contributed by atoms with van der Waals surface area (Å²) in [6.07, 6.45) is 1.96. The molecule has 0 unspecified atom stereocenters. The number of furan rings is 1. The molecule has 0 radical (unpaired) electrons. The zero-order chi connectivity index (χ0) is 17.4. The smallest absolute Gasteiger partial charge is 0.277 e. The van der Waals surface area contributed by atoms with Crippen LogP contribution in [0.5, 0.6) is 0 Å². The van der Waals surface area contributed by atoms with E-state index in [4.69, 9.17) is 8.83 Å². The summed E-state index contributed by atoms with van der Waals surface area (Å²) >= 11 is 1.10. The van der Waals surface area contributed by atoms with Crippen molar-refractivity contribution in [3.05, 3.63) is 18.1 Å². The molecule has 10 heteroatoms.